The fourth-order valence-corrected chi connectivity index (χ4v) is 0.826. The summed E-state index contributed by atoms with van der Waals surface area (Å²) in [6, 6.07) is 0. The third kappa shape index (κ3) is 1.43. The lowest BCUT2D eigenvalue weighted by molar-refractivity contribution is 1.08. The smallest absolute Gasteiger partial charge is 0.348 e. The Labute approximate surface area is 67.6 Å². The molecule has 0 fully saturated rings. The van der Waals surface area contributed by atoms with Crippen LogP contribution >= 0.6 is 11.6 Å². The van der Waals surface area contributed by atoms with E-state index in [0.717, 1.165) is 0 Å². The number of H-pyrrole nitrogens is 1. The van der Waals surface area contributed by atoms with E-state index in [4.69, 9.17) is 17.3 Å². The third-order valence-electron chi connectivity index (χ3n) is 1.14. The highest BCUT2D eigenvalue weighted by Crippen LogP contribution is 2.20. The van der Waals surface area contributed by atoms with E-state index in [1.807, 2.05) is 0 Å². The molecule has 0 bridgehead atoms. The molecule has 1 aromatic rings. The number of nitrogen functional groups attached to an aromatic ring is 1. The summed E-state index contributed by atoms with van der Waals surface area (Å²) in [5, 5.41) is 2.86. The second-order valence-electron chi connectivity index (χ2n) is 1.87. The molecule has 11 heavy (non-hydrogen) atoms. The zero-order chi connectivity index (χ0) is 8.43. The topological polar surface area (TPSA) is 83.8 Å². The third-order valence-corrected chi connectivity index (χ3v) is 1.52. The highest BCUT2D eigenvalue weighted by Gasteiger charge is 2.04. The quantitative estimate of drug-likeness (QED) is 0.562. The van der Waals surface area contributed by atoms with Gasteiger partial charge in [-0.25, -0.2) is 4.79 Å². The van der Waals surface area contributed by atoms with E-state index >= 15 is 0 Å². The lowest BCUT2D eigenvalue weighted by Crippen LogP contribution is -2.15. The maximum atomic E-state index is 10.7. The molecule has 0 amide bonds. The molecule has 0 spiro atoms. The Morgan fingerprint density at radius 1 is 1.73 bits per heavy atom. The van der Waals surface area contributed by atoms with Crippen LogP contribution in [0.25, 0.3) is 0 Å². The highest BCUT2D eigenvalue weighted by atomic mass is 35.5. The van der Waals surface area contributed by atoms with Gasteiger partial charge in [-0.1, -0.05) is 11.6 Å². The summed E-state index contributed by atoms with van der Waals surface area (Å²) in [6.45, 7) is 0. The lowest BCUT2D eigenvalue weighted by atomic mass is 10.5. The number of anilines is 2. The first-order chi connectivity index (χ1) is 5.15. The largest absolute Gasteiger partial charge is 0.384 e. The van der Waals surface area contributed by atoms with E-state index in [-0.39, 0.29) is 16.7 Å². The number of aromatic amines is 1. The van der Waals surface area contributed by atoms with Crippen molar-refractivity contribution in [3.05, 3.63) is 15.5 Å². The maximum absolute atomic E-state index is 10.7. The Kier molecular flexibility index (Phi) is 2.00. The normalized spacial score (nSPS) is 9.64. The molecular weight excluding hydrogens is 168 g/mol. The average molecular weight is 175 g/mol. The minimum absolute atomic E-state index is 0.121. The Balaban J connectivity index is 3.36. The maximum Gasteiger partial charge on any atom is 0.348 e. The van der Waals surface area contributed by atoms with Gasteiger partial charge in [0.25, 0.3) is 0 Å². The molecule has 1 heterocycles. The van der Waals surface area contributed by atoms with Crippen molar-refractivity contribution in [3.8, 4) is 0 Å². The predicted molar refractivity (Wildman–Crippen MR) is 43.8 cm³/mol. The van der Waals surface area contributed by atoms with Crippen LogP contribution in [0, 0.1) is 0 Å². The van der Waals surface area contributed by atoms with Crippen LogP contribution in [0.15, 0.2) is 4.79 Å². The molecule has 1 rings (SSSR count). The molecule has 0 aliphatic heterocycles. The van der Waals surface area contributed by atoms with Gasteiger partial charge < -0.3 is 11.1 Å². The second kappa shape index (κ2) is 2.79. The molecule has 1 aromatic heterocycles. The van der Waals surface area contributed by atoms with E-state index in [1.54, 1.807) is 7.05 Å². The number of hydrogen-bond acceptors (Lipinski definition) is 4. The van der Waals surface area contributed by atoms with E-state index in [0.29, 0.717) is 0 Å². The van der Waals surface area contributed by atoms with Crippen molar-refractivity contribution in [2.75, 3.05) is 18.1 Å². The van der Waals surface area contributed by atoms with Crippen molar-refractivity contribution < 1.29 is 0 Å². The summed E-state index contributed by atoms with van der Waals surface area (Å²) in [6.07, 6.45) is 0. The number of rotatable bonds is 1. The summed E-state index contributed by atoms with van der Waals surface area (Å²) in [5.41, 5.74) is 4.81. The van der Waals surface area contributed by atoms with E-state index < -0.39 is 5.69 Å². The molecule has 0 saturated heterocycles. The van der Waals surface area contributed by atoms with E-state index in [2.05, 4.69) is 15.3 Å². The van der Waals surface area contributed by atoms with Crippen molar-refractivity contribution >= 4 is 23.2 Å². The number of aromatic nitrogens is 2. The minimum Gasteiger partial charge on any atom is -0.384 e. The zero-order valence-electron chi connectivity index (χ0n) is 5.81. The van der Waals surface area contributed by atoms with Gasteiger partial charge in [0.05, 0.1) is 0 Å². The Morgan fingerprint density at radius 3 is 2.91 bits per heavy atom. The van der Waals surface area contributed by atoms with Crippen LogP contribution in [0.4, 0.5) is 11.6 Å². The highest BCUT2D eigenvalue weighted by molar-refractivity contribution is 6.35. The Morgan fingerprint density at radius 2 is 2.36 bits per heavy atom. The molecule has 0 radical (unpaired) electrons. The molecule has 0 saturated carbocycles. The fourth-order valence-electron chi connectivity index (χ4n) is 0.642. The van der Waals surface area contributed by atoms with Crippen LogP contribution in [-0.2, 0) is 0 Å². The average Bonchev–Trinajstić information content (AvgIpc) is 1.96. The molecule has 60 valence electrons. The van der Waals surface area contributed by atoms with Gasteiger partial charge in [0.1, 0.15) is 10.8 Å². The number of hydrogen-bond donors (Lipinski definition) is 3. The number of nitrogens with two attached hydrogens (primary N) is 1. The monoisotopic (exact) mass is 174 g/mol. The molecule has 6 heteroatoms. The molecule has 0 unspecified atom stereocenters. The van der Waals surface area contributed by atoms with E-state index in [9.17, 15) is 4.79 Å². The van der Waals surface area contributed by atoms with Crippen molar-refractivity contribution in [1.29, 1.82) is 0 Å². The molecule has 0 aliphatic carbocycles. The van der Waals surface area contributed by atoms with Crippen LogP contribution in [-0.4, -0.2) is 17.0 Å². The van der Waals surface area contributed by atoms with Gasteiger partial charge in [0.15, 0.2) is 5.82 Å². The number of nitrogens with one attached hydrogen (secondary N) is 2. The molecule has 0 aliphatic rings. The van der Waals surface area contributed by atoms with Gasteiger partial charge in [-0.3, -0.25) is 4.98 Å². The van der Waals surface area contributed by atoms with Crippen LogP contribution in [0.3, 0.4) is 0 Å². The Bertz CT molecular complexity index is 321. The van der Waals surface area contributed by atoms with Crippen LogP contribution in [0.1, 0.15) is 0 Å². The van der Waals surface area contributed by atoms with Gasteiger partial charge in [-0.15, -0.1) is 0 Å². The van der Waals surface area contributed by atoms with Crippen molar-refractivity contribution in [3.63, 3.8) is 0 Å². The number of halogens is 1. The molecular formula is C5H7ClN4O. The molecule has 5 nitrogen and oxygen atoms in total. The zero-order valence-corrected chi connectivity index (χ0v) is 6.57. The second-order valence-corrected chi connectivity index (χ2v) is 2.25. The van der Waals surface area contributed by atoms with Gasteiger partial charge in [-0.05, 0) is 0 Å². The first-order valence-electron chi connectivity index (χ1n) is 2.88. The summed E-state index contributed by atoms with van der Waals surface area (Å²) < 4.78 is 0. The molecule has 4 N–H and O–H groups in total. The van der Waals surface area contributed by atoms with Gasteiger partial charge >= 0.3 is 5.69 Å². The van der Waals surface area contributed by atoms with Crippen LogP contribution in [0.5, 0.6) is 0 Å². The summed E-state index contributed by atoms with van der Waals surface area (Å²) in [5.74, 6) is 0.406. The van der Waals surface area contributed by atoms with Crippen LogP contribution < -0.4 is 16.7 Å². The van der Waals surface area contributed by atoms with Gasteiger partial charge in [0.2, 0.25) is 0 Å². The van der Waals surface area contributed by atoms with Gasteiger partial charge in [-0.2, -0.15) is 4.98 Å². The summed E-state index contributed by atoms with van der Waals surface area (Å²) >= 11 is 5.65. The first kappa shape index (κ1) is 7.87. The predicted octanol–water partition coefficient (Wildman–Crippen LogP) is 0.0472. The minimum atomic E-state index is -0.517. The van der Waals surface area contributed by atoms with E-state index in [1.165, 1.54) is 0 Å². The molecule has 0 atom stereocenters. The lowest BCUT2D eigenvalue weighted by Gasteiger charge is -2.01. The Hall–Kier alpha value is -1.23. The fraction of sp³-hybridized carbons (Fsp3) is 0.200. The van der Waals surface area contributed by atoms with Crippen molar-refractivity contribution in [2.24, 2.45) is 0 Å². The SMILES string of the molecule is CNc1nc(=O)[nH]c(N)c1Cl. The molecule has 0 aromatic carbocycles. The van der Waals surface area contributed by atoms with Crippen molar-refractivity contribution in [2.45, 2.75) is 0 Å². The summed E-state index contributed by atoms with van der Waals surface area (Å²) in [7, 11) is 1.60. The standard InChI is InChI=1S/C5H7ClN4O/c1-8-4-2(6)3(7)9-5(11)10-4/h1H3,(H4,7,8,9,10,11). The van der Waals surface area contributed by atoms with Crippen molar-refractivity contribution in [1.82, 2.24) is 9.97 Å². The van der Waals surface area contributed by atoms with Crippen LogP contribution in [0.2, 0.25) is 5.02 Å². The summed E-state index contributed by atoms with van der Waals surface area (Å²) in [4.78, 5) is 16.4. The van der Waals surface area contributed by atoms with Gasteiger partial charge in [0, 0.05) is 7.05 Å². The number of nitrogens with zero attached hydrogens (tertiary/aromatic N) is 1. The first-order valence-corrected chi connectivity index (χ1v) is 3.26.